The second-order valence-electron chi connectivity index (χ2n) is 5.07. The Morgan fingerprint density at radius 1 is 1.43 bits per heavy atom. The predicted octanol–water partition coefficient (Wildman–Crippen LogP) is 1.72. The molecule has 0 bridgehead atoms. The third-order valence-corrected chi connectivity index (χ3v) is 3.47. The number of amides is 1. The molecule has 8 heteroatoms. The molecule has 1 heterocycles. The van der Waals surface area contributed by atoms with Crippen LogP contribution >= 0.6 is 24.0 Å². The predicted molar refractivity (Wildman–Crippen MR) is 101 cm³/mol. The maximum atomic E-state index is 11.3. The molecule has 1 unspecified atom stereocenters. The van der Waals surface area contributed by atoms with E-state index >= 15 is 0 Å². The molecule has 1 saturated heterocycles. The fourth-order valence-corrected chi connectivity index (χ4v) is 2.32. The number of anilines is 1. The molecule has 1 amide bonds. The molecule has 0 aliphatic carbocycles. The fourth-order valence-electron chi connectivity index (χ4n) is 2.32. The molecular formula is C15H23IN4O3. The number of aliphatic imine (C=N–C) groups is 1. The Bertz CT molecular complexity index is 566. The lowest BCUT2D eigenvalue weighted by atomic mass is 10.0. The van der Waals surface area contributed by atoms with Crippen molar-refractivity contribution in [1.29, 1.82) is 0 Å². The molecule has 2 rings (SSSR count). The van der Waals surface area contributed by atoms with Crippen molar-refractivity contribution in [3.05, 3.63) is 18.2 Å². The molecule has 23 heavy (non-hydrogen) atoms. The van der Waals surface area contributed by atoms with Gasteiger partial charge in [-0.2, -0.15) is 0 Å². The normalized spacial score (nSPS) is 17.7. The van der Waals surface area contributed by atoms with Crippen LogP contribution in [0, 0.1) is 0 Å². The van der Waals surface area contributed by atoms with E-state index in [0.29, 0.717) is 30.2 Å². The van der Waals surface area contributed by atoms with Crippen LogP contribution in [0.1, 0.15) is 19.3 Å². The summed E-state index contributed by atoms with van der Waals surface area (Å²) in [6, 6.07) is 5.42. The molecule has 1 atom stereocenters. The second kappa shape index (κ2) is 9.43. The molecule has 0 radical (unpaired) electrons. The van der Waals surface area contributed by atoms with E-state index in [1.54, 1.807) is 32.4 Å². The topological polar surface area (TPSA) is 98.0 Å². The molecule has 0 spiro atoms. The Hall–Kier alpha value is -1.71. The van der Waals surface area contributed by atoms with E-state index in [9.17, 15) is 4.79 Å². The van der Waals surface area contributed by atoms with E-state index in [2.05, 4.69) is 15.6 Å². The van der Waals surface area contributed by atoms with Gasteiger partial charge in [0.25, 0.3) is 0 Å². The molecular weight excluding hydrogens is 411 g/mol. The summed E-state index contributed by atoms with van der Waals surface area (Å²) in [5, 5.41) is 5.90. The van der Waals surface area contributed by atoms with E-state index in [4.69, 9.17) is 15.2 Å². The van der Waals surface area contributed by atoms with Crippen LogP contribution in [0.5, 0.6) is 11.5 Å². The molecule has 0 aromatic heterocycles. The Balaban J connectivity index is 0.00000264. The standard InChI is InChI=1S/C15H22N4O3.HI/c1-21-11-6-7-13(22-2)12(8-11)19-15(16)17-9-10-4-3-5-14(20)18-10;/h6-8,10H,3-5,9H2,1-2H3,(H,18,20)(H3,16,17,19);1H. The monoisotopic (exact) mass is 434 g/mol. The molecule has 1 fully saturated rings. The lowest BCUT2D eigenvalue weighted by Crippen LogP contribution is -2.41. The first-order valence-electron chi connectivity index (χ1n) is 7.20. The van der Waals surface area contributed by atoms with Crippen LogP contribution in [-0.4, -0.2) is 38.7 Å². The van der Waals surface area contributed by atoms with Gasteiger partial charge < -0.3 is 25.8 Å². The number of carbonyl (C=O) groups excluding carboxylic acids is 1. The number of guanidine groups is 1. The number of nitrogens with two attached hydrogens (primary N) is 1. The van der Waals surface area contributed by atoms with E-state index < -0.39 is 0 Å². The van der Waals surface area contributed by atoms with Gasteiger partial charge in [-0.25, -0.2) is 0 Å². The number of benzene rings is 1. The number of halogens is 1. The summed E-state index contributed by atoms with van der Waals surface area (Å²) in [5.74, 6) is 1.68. The van der Waals surface area contributed by atoms with Crippen LogP contribution in [-0.2, 0) is 4.79 Å². The smallest absolute Gasteiger partial charge is 0.220 e. The van der Waals surface area contributed by atoms with Gasteiger partial charge in [-0.15, -0.1) is 24.0 Å². The van der Waals surface area contributed by atoms with Crippen molar-refractivity contribution < 1.29 is 14.3 Å². The molecule has 4 N–H and O–H groups in total. The average Bonchev–Trinajstić information content (AvgIpc) is 2.53. The number of methoxy groups -OCH3 is 2. The Morgan fingerprint density at radius 3 is 2.87 bits per heavy atom. The third kappa shape index (κ3) is 5.77. The van der Waals surface area contributed by atoms with E-state index in [0.717, 1.165) is 12.8 Å². The van der Waals surface area contributed by atoms with Crippen LogP contribution < -0.4 is 25.8 Å². The first-order chi connectivity index (χ1) is 10.6. The Labute approximate surface area is 153 Å². The van der Waals surface area contributed by atoms with Crippen molar-refractivity contribution >= 4 is 41.5 Å². The lowest BCUT2D eigenvalue weighted by Gasteiger charge is -2.21. The van der Waals surface area contributed by atoms with Crippen molar-refractivity contribution in [2.24, 2.45) is 10.7 Å². The summed E-state index contributed by atoms with van der Waals surface area (Å²) >= 11 is 0. The van der Waals surface area contributed by atoms with Crippen LogP contribution in [0.15, 0.2) is 23.2 Å². The van der Waals surface area contributed by atoms with Gasteiger partial charge >= 0.3 is 0 Å². The minimum atomic E-state index is 0. The van der Waals surface area contributed by atoms with Gasteiger partial charge in [-0.3, -0.25) is 9.79 Å². The number of rotatable bonds is 5. The van der Waals surface area contributed by atoms with Crippen LogP contribution in [0.25, 0.3) is 0 Å². The van der Waals surface area contributed by atoms with Crippen molar-refractivity contribution in [3.8, 4) is 11.5 Å². The third-order valence-electron chi connectivity index (χ3n) is 3.47. The number of nitrogens with one attached hydrogen (secondary N) is 2. The van der Waals surface area contributed by atoms with Crippen LogP contribution in [0.4, 0.5) is 5.69 Å². The minimum Gasteiger partial charge on any atom is -0.497 e. The Morgan fingerprint density at radius 2 is 2.22 bits per heavy atom. The average molecular weight is 434 g/mol. The van der Waals surface area contributed by atoms with Gasteiger partial charge in [0.05, 0.1) is 26.5 Å². The van der Waals surface area contributed by atoms with Gasteiger partial charge in [0.15, 0.2) is 5.96 Å². The largest absolute Gasteiger partial charge is 0.497 e. The summed E-state index contributed by atoms with van der Waals surface area (Å²) in [6.07, 6.45) is 2.41. The zero-order valence-corrected chi connectivity index (χ0v) is 15.6. The van der Waals surface area contributed by atoms with Gasteiger partial charge in [-0.1, -0.05) is 0 Å². The van der Waals surface area contributed by atoms with Gasteiger partial charge in [0.2, 0.25) is 5.91 Å². The quantitative estimate of drug-likeness (QED) is 0.373. The molecule has 1 aromatic rings. The highest BCUT2D eigenvalue weighted by Gasteiger charge is 2.17. The van der Waals surface area contributed by atoms with E-state index in [-0.39, 0.29) is 41.9 Å². The summed E-state index contributed by atoms with van der Waals surface area (Å²) in [5.41, 5.74) is 6.58. The minimum absolute atomic E-state index is 0. The first kappa shape index (κ1) is 19.3. The number of piperidine rings is 1. The highest BCUT2D eigenvalue weighted by Crippen LogP contribution is 2.28. The number of carbonyl (C=O) groups is 1. The maximum absolute atomic E-state index is 11.3. The molecule has 1 aliphatic rings. The number of nitrogens with zero attached hydrogens (tertiary/aromatic N) is 1. The molecule has 1 aromatic carbocycles. The first-order valence-corrected chi connectivity index (χ1v) is 7.20. The zero-order chi connectivity index (χ0) is 15.9. The fraction of sp³-hybridized carbons (Fsp3) is 0.467. The molecule has 7 nitrogen and oxygen atoms in total. The highest BCUT2D eigenvalue weighted by molar-refractivity contribution is 14.0. The van der Waals surface area contributed by atoms with Crippen molar-refractivity contribution in [2.45, 2.75) is 25.3 Å². The van der Waals surface area contributed by atoms with Gasteiger partial charge in [0, 0.05) is 18.5 Å². The molecule has 0 saturated carbocycles. The summed E-state index contributed by atoms with van der Waals surface area (Å²) < 4.78 is 10.4. The second-order valence-corrected chi connectivity index (χ2v) is 5.07. The van der Waals surface area contributed by atoms with E-state index in [1.165, 1.54) is 0 Å². The number of ether oxygens (including phenoxy) is 2. The lowest BCUT2D eigenvalue weighted by molar-refractivity contribution is -0.123. The summed E-state index contributed by atoms with van der Waals surface area (Å²) in [4.78, 5) is 15.6. The van der Waals surface area contributed by atoms with E-state index in [1.807, 2.05) is 0 Å². The summed E-state index contributed by atoms with van der Waals surface area (Å²) in [6.45, 7) is 0.455. The van der Waals surface area contributed by atoms with Crippen molar-refractivity contribution in [2.75, 3.05) is 26.1 Å². The number of hydrogen-bond acceptors (Lipinski definition) is 4. The highest BCUT2D eigenvalue weighted by atomic mass is 127. The van der Waals surface area contributed by atoms with Gasteiger partial charge in [0.1, 0.15) is 11.5 Å². The number of hydrogen-bond donors (Lipinski definition) is 3. The SMILES string of the molecule is COc1ccc(OC)c(NC(N)=NCC2CCCC(=O)N2)c1.I. The van der Waals surface area contributed by atoms with Crippen molar-refractivity contribution in [3.63, 3.8) is 0 Å². The van der Waals surface area contributed by atoms with Crippen LogP contribution in [0.3, 0.4) is 0 Å². The maximum Gasteiger partial charge on any atom is 0.220 e. The van der Waals surface area contributed by atoms with Crippen LogP contribution in [0.2, 0.25) is 0 Å². The molecule has 128 valence electrons. The van der Waals surface area contributed by atoms with Gasteiger partial charge in [-0.05, 0) is 25.0 Å². The Kier molecular flexibility index (Phi) is 7.93. The van der Waals surface area contributed by atoms with Crippen molar-refractivity contribution in [1.82, 2.24) is 5.32 Å². The molecule has 1 aliphatic heterocycles. The summed E-state index contributed by atoms with van der Waals surface area (Å²) in [7, 11) is 3.17. The zero-order valence-electron chi connectivity index (χ0n) is 13.3.